The SMILES string of the molecule is Cc1cccc(-c2nc(-c3ccccc3)nc(-c3cc(-c4ccc5ccc6c(c5n4)N=CCC6)cc(-c4ccc5ccc6c(c5n4)N=CCC6)c3)n2)c1. The fraction of sp³-hybridized carbons (Fsp3) is 0.109. The van der Waals surface area contributed by atoms with Crippen molar-refractivity contribution in [3.63, 3.8) is 0 Å². The van der Waals surface area contributed by atoms with Crippen LogP contribution >= 0.6 is 0 Å². The largest absolute Gasteiger partial charge is 0.259 e. The summed E-state index contributed by atoms with van der Waals surface area (Å²) in [6.45, 7) is 2.08. The molecule has 53 heavy (non-hydrogen) atoms. The number of hydrogen-bond donors (Lipinski definition) is 0. The summed E-state index contributed by atoms with van der Waals surface area (Å²) in [4.78, 5) is 35.3. The normalized spacial score (nSPS) is 13.3. The van der Waals surface area contributed by atoms with Gasteiger partial charge in [-0.05, 0) is 80.1 Å². The molecule has 0 atom stereocenters. The molecule has 0 saturated carbocycles. The van der Waals surface area contributed by atoms with Crippen molar-refractivity contribution < 1.29 is 0 Å². The Morgan fingerprint density at radius 3 is 1.51 bits per heavy atom. The lowest BCUT2D eigenvalue weighted by molar-refractivity contribution is 1.03. The number of aromatic nitrogens is 5. The first-order valence-corrected chi connectivity index (χ1v) is 18.1. The Bertz CT molecular complexity index is 2680. The summed E-state index contributed by atoms with van der Waals surface area (Å²) in [7, 11) is 0. The average molecular weight is 684 g/mol. The van der Waals surface area contributed by atoms with E-state index in [-0.39, 0.29) is 0 Å². The van der Waals surface area contributed by atoms with Gasteiger partial charge in [-0.15, -0.1) is 0 Å². The molecule has 7 nitrogen and oxygen atoms in total. The summed E-state index contributed by atoms with van der Waals surface area (Å²) in [5.41, 5.74) is 13.6. The van der Waals surface area contributed by atoms with E-state index in [2.05, 4.69) is 85.8 Å². The van der Waals surface area contributed by atoms with Crippen LogP contribution in [0.5, 0.6) is 0 Å². The Morgan fingerprint density at radius 1 is 0.415 bits per heavy atom. The molecule has 0 spiro atoms. The number of rotatable bonds is 5. The highest BCUT2D eigenvalue weighted by atomic mass is 15.0. The van der Waals surface area contributed by atoms with Crippen molar-refractivity contribution in [1.29, 1.82) is 0 Å². The number of hydrogen-bond acceptors (Lipinski definition) is 7. The molecular weight excluding hydrogens is 651 g/mol. The molecule has 252 valence electrons. The van der Waals surface area contributed by atoms with Gasteiger partial charge in [0.2, 0.25) is 0 Å². The maximum Gasteiger partial charge on any atom is 0.164 e. The van der Waals surface area contributed by atoms with Gasteiger partial charge in [0.1, 0.15) is 0 Å². The Hall–Kier alpha value is -6.73. The predicted molar refractivity (Wildman–Crippen MR) is 215 cm³/mol. The Balaban J connectivity index is 1.21. The monoisotopic (exact) mass is 683 g/mol. The Kier molecular flexibility index (Phi) is 7.49. The number of fused-ring (bicyclic) bond motifs is 6. The number of nitrogens with zero attached hydrogens (tertiary/aromatic N) is 7. The summed E-state index contributed by atoms with van der Waals surface area (Å²) in [5, 5.41) is 2.13. The zero-order chi connectivity index (χ0) is 35.3. The Labute approximate surface area is 307 Å². The number of benzene rings is 5. The van der Waals surface area contributed by atoms with Crippen molar-refractivity contribution in [2.75, 3.05) is 0 Å². The van der Waals surface area contributed by atoms with E-state index in [0.29, 0.717) is 17.5 Å². The smallest absolute Gasteiger partial charge is 0.164 e. The molecule has 10 rings (SSSR count). The van der Waals surface area contributed by atoms with E-state index >= 15 is 0 Å². The highest BCUT2D eigenvalue weighted by molar-refractivity contribution is 5.96. The van der Waals surface area contributed by atoms with Gasteiger partial charge in [-0.25, -0.2) is 24.9 Å². The molecule has 8 aromatic rings. The van der Waals surface area contributed by atoms with Gasteiger partial charge in [0.15, 0.2) is 17.5 Å². The van der Waals surface area contributed by atoms with Crippen LogP contribution in [0.2, 0.25) is 0 Å². The third-order valence-corrected chi connectivity index (χ3v) is 10.1. The van der Waals surface area contributed by atoms with Crippen molar-refractivity contribution in [1.82, 2.24) is 24.9 Å². The van der Waals surface area contributed by atoms with Crippen LogP contribution in [0.25, 0.3) is 78.5 Å². The molecule has 0 amide bonds. The molecule has 0 bridgehead atoms. The first kappa shape index (κ1) is 31.0. The summed E-state index contributed by atoms with van der Waals surface area (Å²) in [6.07, 6.45) is 7.82. The highest BCUT2D eigenvalue weighted by Crippen LogP contribution is 2.38. The lowest BCUT2D eigenvalue weighted by Crippen LogP contribution is -2.01. The topological polar surface area (TPSA) is 89.2 Å². The maximum absolute atomic E-state index is 5.27. The molecule has 5 heterocycles. The second kappa shape index (κ2) is 12.8. The number of aliphatic imine (C=N–C) groups is 2. The van der Waals surface area contributed by atoms with Gasteiger partial charge in [-0.3, -0.25) is 9.98 Å². The lowest BCUT2D eigenvalue weighted by atomic mass is 9.97. The summed E-state index contributed by atoms with van der Waals surface area (Å²) < 4.78 is 0. The van der Waals surface area contributed by atoms with Crippen LogP contribution in [0.4, 0.5) is 11.4 Å². The average Bonchev–Trinajstić information content (AvgIpc) is 3.23. The molecule has 0 radical (unpaired) electrons. The minimum absolute atomic E-state index is 0.573. The fourth-order valence-electron chi connectivity index (χ4n) is 7.38. The second-order valence-electron chi connectivity index (χ2n) is 13.7. The zero-order valence-electron chi connectivity index (χ0n) is 29.2. The van der Waals surface area contributed by atoms with Crippen LogP contribution in [0.3, 0.4) is 0 Å². The molecule has 0 aliphatic carbocycles. The van der Waals surface area contributed by atoms with E-state index in [4.69, 9.17) is 34.9 Å². The minimum atomic E-state index is 0.573. The number of aryl methyl sites for hydroxylation is 3. The summed E-state index contributed by atoms with van der Waals surface area (Å²) in [6, 6.07) is 41.9. The van der Waals surface area contributed by atoms with E-state index in [1.807, 2.05) is 54.9 Å². The van der Waals surface area contributed by atoms with E-state index in [0.717, 1.165) is 104 Å². The first-order chi connectivity index (χ1) is 26.1. The number of pyridine rings is 2. The van der Waals surface area contributed by atoms with Crippen molar-refractivity contribution in [3.05, 3.63) is 138 Å². The van der Waals surface area contributed by atoms with Crippen LogP contribution in [0.1, 0.15) is 29.5 Å². The maximum atomic E-state index is 5.27. The van der Waals surface area contributed by atoms with E-state index < -0.39 is 0 Å². The summed E-state index contributed by atoms with van der Waals surface area (Å²) >= 11 is 0. The van der Waals surface area contributed by atoms with Crippen LogP contribution in [0, 0.1) is 6.92 Å². The molecule has 7 heteroatoms. The summed E-state index contributed by atoms with van der Waals surface area (Å²) in [5.74, 6) is 1.80. The van der Waals surface area contributed by atoms with Crippen LogP contribution < -0.4 is 0 Å². The first-order valence-electron chi connectivity index (χ1n) is 18.1. The molecule has 3 aromatic heterocycles. The lowest BCUT2D eigenvalue weighted by Gasteiger charge is -2.15. The fourth-order valence-corrected chi connectivity index (χ4v) is 7.38. The van der Waals surface area contributed by atoms with Gasteiger partial charge in [0.25, 0.3) is 0 Å². The van der Waals surface area contributed by atoms with Crippen LogP contribution in [0.15, 0.2) is 131 Å². The molecule has 0 N–H and O–H groups in total. The van der Waals surface area contributed by atoms with Gasteiger partial charge >= 0.3 is 0 Å². The minimum Gasteiger partial charge on any atom is -0.259 e. The predicted octanol–water partition coefficient (Wildman–Crippen LogP) is 10.9. The van der Waals surface area contributed by atoms with E-state index in [9.17, 15) is 0 Å². The van der Waals surface area contributed by atoms with Gasteiger partial charge in [-0.1, -0.05) is 90.5 Å². The standard InChI is InChI=1S/C46H33N7/c1-28-8-5-11-34(24-28)45-51-44(33-9-3-2-4-10-33)52-46(53-45)37-26-35(38-20-18-31-16-14-29-12-6-22-47-40(29)42(31)49-38)25-36(27-37)39-21-19-32-17-15-30-13-7-23-48-41(30)43(32)50-39/h2-5,8-11,14-27H,6-7,12-13H2,1H3. The molecule has 0 saturated heterocycles. The molecule has 0 unspecified atom stereocenters. The van der Waals surface area contributed by atoms with Crippen molar-refractivity contribution >= 4 is 45.6 Å². The van der Waals surface area contributed by atoms with Gasteiger partial charge in [0, 0.05) is 51.0 Å². The van der Waals surface area contributed by atoms with Crippen molar-refractivity contribution in [2.24, 2.45) is 9.98 Å². The third kappa shape index (κ3) is 5.76. The Morgan fingerprint density at radius 2 is 0.925 bits per heavy atom. The van der Waals surface area contributed by atoms with Gasteiger partial charge in [-0.2, -0.15) is 0 Å². The molecule has 2 aliphatic heterocycles. The van der Waals surface area contributed by atoms with Crippen LogP contribution in [-0.2, 0) is 12.8 Å². The zero-order valence-corrected chi connectivity index (χ0v) is 29.2. The van der Waals surface area contributed by atoms with Crippen molar-refractivity contribution in [3.8, 4) is 56.7 Å². The van der Waals surface area contributed by atoms with E-state index in [1.54, 1.807) is 0 Å². The van der Waals surface area contributed by atoms with Gasteiger partial charge < -0.3 is 0 Å². The second-order valence-corrected chi connectivity index (χ2v) is 13.7. The highest BCUT2D eigenvalue weighted by Gasteiger charge is 2.18. The quantitative estimate of drug-likeness (QED) is 0.180. The van der Waals surface area contributed by atoms with Gasteiger partial charge in [0.05, 0.1) is 33.8 Å². The van der Waals surface area contributed by atoms with Crippen LogP contribution in [-0.4, -0.2) is 37.3 Å². The van der Waals surface area contributed by atoms with Crippen molar-refractivity contribution in [2.45, 2.75) is 32.6 Å². The molecular formula is C46H33N7. The molecule has 5 aromatic carbocycles. The third-order valence-electron chi connectivity index (χ3n) is 10.1. The molecule has 0 fully saturated rings. The molecule has 2 aliphatic rings. The van der Waals surface area contributed by atoms with E-state index in [1.165, 1.54) is 11.1 Å².